The Balaban J connectivity index is 2.78. The van der Waals surface area contributed by atoms with Gasteiger partial charge in [0.15, 0.2) is 0 Å². The maximum Gasteiger partial charge on any atom is 0.149 e. The van der Waals surface area contributed by atoms with Gasteiger partial charge in [0, 0.05) is 6.04 Å². The number of halogens is 1. The predicted octanol–water partition coefficient (Wildman–Crippen LogP) is 5.01. The normalized spacial score (nSPS) is 11.6. The highest BCUT2D eigenvalue weighted by Gasteiger charge is 2.15. The Morgan fingerprint density at radius 2 is 1.61 bits per heavy atom. The van der Waals surface area contributed by atoms with E-state index >= 15 is 0 Å². The zero-order chi connectivity index (χ0) is 13.7. The quantitative estimate of drug-likeness (QED) is 0.749. The molecule has 0 bridgehead atoms. The van der Waals surface area contributed by atoms with Crippen LogP contribution in [-0.4, -0.2) is 6.04 Å². The monoisotopic (exact) mass is 251 g/mol. The lowest BCUT2D eigenvalue weighted by atomic mass is 9.95. The van der Waals surface area contributed by atoms with Gasteiger partial charge in [-0.3, -0.25) is 0 Å². The lowest BCUT2D eigenvalue weighted by Gasteiger charge is -2.24. The second-order valence-corrected chi connectivity index (χ2v) is 6.04. The lowest BCUT2D eigenvalue weighted by molar-refractivity contribution is 0.440. The Labute approximate surface area is 111 Å². The standard InChI is InChI=1S/C16H26FN/c1-11(2)9-14(10-12(3)4)18-15-8-6-7-13(5)16(15)17/h6-8,11-12,14,18H,9-10H2,1-5H3. The third-order valence-corrected chi connectivity index (χ3v) is 3.06. The molecule has 0 aliphatic rings. The first-order chi connectivity index (χ1) is 8.40. The van der Waals surface area contributed by atoms with E-state index in [0.29, 0.717) is 29.1 Å². The molecule has 0 atom stereocenters. The van der Waals surface area contributed by atoms with Gasteiger partial charge in [-0.05, 0) is 43.2 Å². The van der Waals surface area contributed by atoms with Gasteiger partial charge in [0.2, 0.25) is 0 Å². The van der Waals surface area contributed by atoms with Gasteiger partial charge >= 0.3 is 0 Å². The fourth-order valence-electron chi connectivity index (χ4n) is 2.33. The van der Waals surface area contributed by atoms with Crippen LogP contribution in [0.1, 0.15) is 46.1 Å². The van der Waals surface area contributed by atoms with E-state index in [0.717, 1.165) is 12.8 Å². The second kappa shape index (κ2) is 6.77. The van der Waals surface area contributed by atoms with Gasteiger partial charge in [-0.25, -0.2) is 4.39 Å². The number of aryl methyl sites for hydroxylation is 1. The van der Waals surface area contributed by atoms with E-state index in [9.17, 15) is 4.39 Å². The van der Waals surface area contributed by atoms with E-state index in [2.05, 4.69) is 33.0 Å². The van der Waals surface area contributed by atoms with Crippen molar-refractivity contribution in [1.29, 1.82) is 0 Å². The fourth-order valence-corrected chi connectivity index (χ4v) is 2.33. The molecular formula is C16H26FN. The van der Waals surface area contributed by atoms with Gasteiger partial charge in [0.25, 0.3) is 0 Å². The largest absolute Gasteiger partial charge is 0.380 e. The number of anilines is 1. The topological polar surface area (TPSA) is 12.0 Å². The van der Waals surface area contributed by atoms with E-state index < -0.39 is 0 Å². The van der Waals surface area contributed by atoms with Crippen LogP contribution < -0.4 is 5.32 Å². The summed E-state index contributed by atoms with van der Waals surface area (Å²) in [5.41, 5.74) is 1.34. The summed E-state index contributed by atoms with van der Waals surface area (Å²) in [5, 5.41) is 3.38. The molecule has 0 saturated heterocycles. The van der Waals surface area contributed by atoms with Crippen molar-refractivity contribution in [3.8, 4) is 0 Å². The number of benzene rings is 1. The highest BCUT2D eigenvalue weighted by atomic mass is 19.1. The number of hydrogen-bond donors (Lipinski definition) is 1. The molecule has 0 saturated carbocycles. The summed E-state index contributed by atoms with van der Waals surface area (Å²) in [6.45, 7) is 10.6. The summed E-state index contributed by atoms with van der Waals surface area (Å²) < 4.78 is 14.0. The Bertz CT molecular complexity index is 361. The molecule has 1 N–H and O–H groups in total. The first-order valence-electron chi connectivity index (χ1n) is 6.91. The molecule has 102 valence electrons. The van der Waals surface area contributed by atoms with Crippen LogP contribution in [0.25, 0.3) is 0 Å². The molecule has 0 aliphatic carbocycles. The minimum Gasteiger partial charge on any atom is -0.380 e. The molecule has 0 radical (unpaired) electrons. The molecule has 0 unspecified atom stereocenters. The summed E-state index contributed by atoms with van der Waals surface area (Å²) >= 11 is 0. The smallest absolute Gasteiger partial charge is 0.149 e. The predicted molar refractivity (Wildman–Crippen MR) is 77.5 cm³/mol. The molecule has 0 heterocycles. The van der Waals surface area contributed by atoms with E-state index in [4.69, 9.17) is 0 Å². The van der Waals surface area contributed by atoms with Crippen LogP contribution in [0, 0.1) is 24.6 Å². The Kier molecular flexibility index (Phi) is 5.64. The maximum atomic E-state index is 14.0. The van der Waals surface area contributed by atoms with Crippen molar-refractivity contribution < 1.29 is 4.39 Å². The van der Waals surface area contributed by atoms with Crippen LogP contribution in [-0.2, 0) is 0 Å². The van der Waals surface area contributed by atoms with Gasteiger partial charge < -0.3 is 5.32 Å². The van der Waals surface area contributed by atoms with E-state index in [1.54, 1.807) is 13.0 Å². The van der Waals surface area contributed by atoms with Crippen LogP contribution in [0.5, 0.6) is 0 Å². The molecule has 0 aromatic heterocycles. The van der Waals surface area contributed by atoms with Gasteiger partial charge in [-0.15, -0.1) is 0 Å². The summed E-state index contributed by atoms with van der Waals surface area (Å²) in [6.07, 6.45) is 2.15. The molecule has 0 amide bonds. The van der Waals surface area contributed by atoms with Crippen molar-refractivity contribution >= 4 is 5.69 Å². The number of hydrogen-bond acceptors (Lipinski definition) is 1. The first-order valence-corrected chi connectivity index (χ1v) is 6.91. The maximum absolute atomic E-state index is 14.0. The van der Waals surface area contributed by atoms with Crippen LogP contribution >= 0.6 is 0 Å². The zero-order valence-corrected chi connectivity index (χ0v) is 12.3. The van der Waals surface area contributed by atoms with Crippen LogP contribution in [0.2, 0.25) is 0 Å². The summed E-state index contributed by atoms with van der Waals surface area (Å²) in [5.74, 6) is 1.12. The van der Waals surface area contributed by atoms with Crippen LogP contribution in [0.15, 0.2) is 18.2 Å². The Morgan fingerprint density at radius 1 is 1.06 bits per heavy atom. The number of nitrogens with one attached hydrogen (secondary N) is 1. The fraction of sp³-hybridized carbons (Fsp3) is 0.625. The molecule has 1 aromatic rings. The van der Waals surface area contributed by atoms with Crippen molar-refractivity contribution in [3.05, 3.63) is 29.6 Å². The third-order valence-electron chi connectivity index (χ3n) is 3.06. The summed E-state index contributed by atoms with van der Waals surface area (Å²) in [6, 6.07) is 5.89. The van der Waals surface area contributed by atoms with E-state index in [1.165, 1.54) is 0 Å². The average Bonchev–Trinajstić information content (AvgIpc) is 2.23. The SMILES string of the molecule is Cc1cccc(NC(CC(C)C)CC(C)C)c1F. The number of rotatable bonds is 6. The molecule has 0 fully saturated rings. The highest BCUT2D eigenvalue weighted by Crippen LogP contribution is 2.22. The molecule has 2 heteroatoms. The molecule has 0 aliphatic heterocycles. The molecule has 0 spiro atoms. The Morgan fingerprint density at radius 3 is 2.11 bits per heavy atom. The average molecular weight is 251 g/mol. The van der Waals surface area contributed by atoms with Crippen molar-refractivity contribution in [2.45, 2.75) is 53.5 Å². The van der Waals surface area contributed by atoms with E-state index in [-0.39, 0.29) is 5.82 Å². The van der Waals surface area contributed by atoms with Gasteiger partial charge in [-0.1, -0.05) is 39.8 Å². The molecule has 18 heavy (non-hydrogen) atoms. The summed E-state index contributed by atoms with van der Waals surface area (Å²) in [7, 11) is 0. The highest BCUT2D eigenvalue weighted by molar-refractivity contribution is 5.48. The second-order valence-electron chi connectivity index (χ2n) is 6.04. The molecule has 1 aromatic carbocycles. The lowest BCUT2D eigenvalue weighted by Crippen LogP contribution is -2.24. The summed E-state index contributed by atoms with van der Waals surface area (Å²) in [4.78, 5) is 0. The molecular weight excluding hydrogens is 225 g/mol. The van der Waals surface area contributed by atoms with Crippen molar-refractivity contribution in [2.24, 2.45) is 11.8 Å². The molecule has 1 nitrogen and oxygen atoms in total. The molecule has 1 rings (SSSR count). The minimum atomic E-state index is -0.116. The van der Waals surface area contributed by atoms with Crippen molar-refractivity contribution in [3.63, 3.8) is 0 Å². The van der Waals surface area contributed by atoms with Crippen molar-refractivity contribution in [2.75, 3.05) is 5.32 Å². The van der Waals surface area contributed by atoms with E-state index in [1.807, 2.05) is 12.1 Å². The van der Waals surface area contributed by atoms with Crippen molar-refractivity contribution in [1.82, 2.24) is 0 Å². The van der Waals surface area contributed by atoms with Crippen LogP contribution in [0.3, 0.4) is 0 Å². The third kappa shape index (κ3) is 4.67. The Hall–Kier alpha value is -1.05. The minimum absolute atomic E-state index is 0.116. The van der Waals surface area contributed by atoms with Crippen LogP contribution in [0.4, 0.5) is 10.1 Å². The zero-order valence-electron chi connectivity index (χ0n) is 12.3. The van der Waals surface area contributed by atoms with Gasteiger partial charge in [-0.2, -0.15) is 0 Å². The van der Waals surface area contributed by atoms with Gasteiger partial charge in [0.1, 0.15) is 5.82 Å². The first kappa shape index (κ1) is 15.0. The van der Waals surface area contributed by atoms with Gasteiger partial charge in [0.05, 0.1) is 5.69 Å².